The van der Waals surface area contributed by atoms with E-state index >= 15 is 0 Å². The average Bonchev–Trinajstić information content (AvgIpc) is 3.16. The summed E-state index contributed by atoms with van der Waals surface area (Å²) in [6.07, 6.45) is 0.936. The maximum atomic E-state index is 12.1. The summed E-state index contributed by atoms with van der Waals surface area (Å²) < 4.78 is 26.9. The lowest BCUT2D eigenvalue weighted by atomic mass is 10.2. The lowest BCUT2D eigenvalue weighted by Crippen LogP contribution is -2.42. The van der Waals surface area contributed by atoms with E-state index in [9.17, 15) is 8.42 Å². The first kappa shape index (κ1) is 23.9. The van der Waals surface area contributed by atoms with Gasteiger partial charge in [-0.1, -0.05) is 36.4 Å². The Hall–Kier alpha value is -1.17. The van der Waals surface area contributed by atoms with E-state index in [2.05, 4.69) is 26.5 Å². The van der Waals surface area contributed by atoms with E-state index < -0.39 is 10.0 Å². The molecule has 27 heavy (non-hydrogen) atoms. The van der Waals surface area contributed by atoms with Gasteiger partial charge in [0.15, 0.2) is 5.96 Å². The first-order valence-electron chi connectivity index (χ1n) is 8.45. The number of benzene rings is 1. The van der Waals surface area contributed by atoms with E-state index in [1.807, 2.05) is 48.3 Å². The van der Waals surface area contributed by atoms with Crippen molar-refractivity contribution in [3.8, 4) is 0 Å². The molecule has 0 aliphatic rings. The van der Waals surface area contributed by atoms with Crippen LogP contribution in [-0.4, -0.2) is 52.2 Å². The van der Waals surface area contributed by atoms with Crippen LogP contribution in [0.4, 0.5) is 0 Å². The predicted molar refractivity (Wildman–Crippen MR) is 124 cm³/mol. The minimum Gasteiger partial charge on any atom is -0.355 e. The highest BCUT2D eigenvalue weighted by molar-refractivity contribution is 14.0. The summed E-state index contributed by atoms with van der Waals surface area (Å²) >= 11 is 1.73. The van der Waals surface area contributed by atoms with Gasteiger partial charge in [0.1, 0.15) is 0 Å². The van der Waals surface area contributed by atoms with E-state index in [-0.39, 0.29) is 29.7 Å². The molecule has 0 fully saturated rings. The van der Waals surface area contributed by atoms with Gasteiger partial charge in [0.25, 0.3) is 0 Å². The van der Waals surface area contributed by atoms with Crippen molar-refractivity contribution in [2.24, 2.45) is 4.99 Å². The highest BCUT2D eigenvalue weighted by Crippen LogP contribution is 2.09. The summed E-state index contributed by atoms with van der Waals surface area (Å²) in [6, 6.07) is 13.6. The van der Waals surface area contributed by atoms with Crippen molar-refractivity contribution in [1.82, 2.24) is 14.9 Å². The van der Waals surface area contributed by atoms with E-state index in [4.69, 9.17) is 0 Å². The van der Waals surface area contributed by atoms with E-state index in [1.165, 1.54) is 4.88 Å². The molecule has 0 spiro atoms. The topological polar surface area (TPSA) is 73.8 Å². The third-order valence-corrected chi connectivity index (χ3v) is 6.10. The van der Waals surface area contributed by atoms with E-state index in [1.54, 1.807) is 18.4 Å². The number of sulfonamides is 1. The zero-order chi connectivity index (χ0) is 18.8. The molecule has 0 aliphatic heterocycles. The Labute approximate surface area is 183 Å². The molecule has 0 saturated carbocycles. The summed E-state index contributed by atoms with van der Waals surface area (Å²) in [5, 5.41) is 5.18. The Morgan fingerprint density at radius 1 is 1.19 bits per heavy atom. The number of hydrogen-bond acceptors (Lipinski definition) is 4. The molecule has 0 radical (unpaired) electrons. The Morgan fingerprint density at radius 3 is 2.56 bits per heavy atom. The molecule has 1 heterocycles. The first-order valence-corrected chi connectivity index (χ1v) is 11.0. The third kappa shape index (κ3) is 9.04. The second-order valence-corrected chi connectivity index (χ2v) is 8.81. The van der Waals surface area contributed by atoms with Gasteiger partial charge in [-0.2, -0.15) is 0 Å². The zero-order valence-electron chi connectivity index (χ0n) is 15.6. The highest BCUT2D eigenvalue weighted by atomic mass is 127. The molecular weight excluding hydrogens is 495 g/mol. The number of nitrogens with zero attached hydrogens (tertiary/aromatic N) is 2. The highest BCUT2D eigenvalue weighted by Gasteiger charge is 2.12. The minimum atomic E-state index is -3.34. The fraction of sp³-hybridized carbons (Fsp3) is 0.389. The lowest BCUT2D eigenvalue weighted by Gasteiger charge is -2.21. The van der Waals surface area contributed by atoms with Gasteiger partial charge in [-0.3, -0.25) is 4.99 Å². The summed E-state index contributed by atoms with van der Waals surface area (Å²) in [4.78, 5) is 7.54. The van der Waals surface area contributed by atoms with Crippen LogP contribution in [0.2, 0.25) is 0 Å². The molecule has 1 aromatic carbocycles. The number of nitrogens with one attached hydrogen (secondary N) is 2. The number of guanidine groups is 1. The molecule has 2 rings (SSSR count). The number of likely N-dealkylation sites (N-methyl/N-ethyl adjacent to an activating group) is 1. The molecule has 150 valence electrons. The Bertz CT molecular complexity index is 781. The second-order valence-electron chi connectivity index (χ2n) is 5.85. The van der Waals surface area contributed by atoms with Gasteiger partial charge < -0.3 is 10.2 Å². The Kier molecular flexibility index (Phi) is 10.9. The number of hydrogen-bond donors (Lipinski definition) is 2. The molecule has 0 atom stereocenters. The number of thiophene rings is 1. The SMILES string of the molecule is CN=C(NCCS(=O)(=O)NCc1ccccc1)N(C)CCc1cccs1.I. The Balaban J connectivity index is 0.00000364. The standard InChI is InChI=1S/C18H26N4O2S2.HI/c1-19-18(22(2)12-10-17-9-6-13-25-17)20-11-14-26(23,24)21-15-16-7-4-3-5-8-16;/h3-9,13,21H,10-12,14-15H2,1-2H3,(H,19,20);1H. The van der Waals surface area contributed by atoms with Crippen molar-refractivity contribution >= 4 is 51.3 Å². The molecule has 0 saturated heterocycles. The number of rotatable bonds is 9. The van der Waals surface area contributed by atoms with Crippen molar-refractivity contribution in [3.63, 3.8) is 0 Å². The van der Waals surface area contributed by atoms with Crippen LogP contribution in [0.5, 0.6) is 0 Å². The first-order chi connectivity index (χ1) is 12.5. The molecule has 9 heteroatoms. The fourth-order valence-corrected chi connectivity index (χ4v) is 3.98. The summed E-state index contributed by atoms with van der Waals surface area (Å²) in [5.74, 6) is 0.692. The van der Waals surface area contributed by atoms with Crippen LogP contribution in [0, 0.1) is 0 Å². The van der Waals surface area contributed by atoms with Crippen molar-refractivity contribution in [2.75, 3.05) is 32.9 Å². The van der Waals surface area contributed by atoms with Crippen molar-refractivity contribution in [2.45, 2.75) is 13.0 Å². The largest absolute Gasteiger partial charge is 0.355 e. The van der Waals surface area contributed by atoms with Crippen molar-refractivity contribution in [3.05, 3.63) is 58.3 Å². The molecule has 0 bridgehead atoms. The minimum absolute atomic E-state index is 0. The molecular formula is C18H27IN4O2S2. The van der Waals surface area contributed by atoms with Crippen LogP contribution in [0.3, 0.4) is 0 Å². The predicted octanol–water partition coefficient (Wildman–Crippen LogP) is 2.54. The Morgan fingerprint density at radius 2 is 1.93 bits per heavy atom. The van der Waals surface area contributed by atoms with E-state index in [0.29, 0.717) is 19.0 Å². The van der Waals surface area contributed by atoms with Crippen LogP contribution in [0.25, 0.3) is 0 Å². The molecule has 1 aromatic heterocycles. The van der Waals surface area contributed by atoms with Gasteiger partial charge in [0.2, 0.25) is 10.0 Å². The van der Waals surface area contributed by atoms with Crippen LogP contribution in [0.15, 0.2) is 52.8 Å². The average molecular weight is 522 g/mol. The maximum Gasteiger partial charge on any atom is 0.213 e. The second kappa shape index (κ2) is 12.3. The van der Waals surface area contributed by atoms with Crippen LogP contribution in [0.1, 0.15) is 10.4 Å². The summed E-state index contributed by atoms with van der Waals surface area (Å²) in [6.45, 7) is 1.43. The monoisotopic (exact) mass is 522 g/mol. The lowest BCUT2D eigenvalue weighted by molar-refractivity contribution is 0.488. The molecule has 0 unspecified atom stereocenters. The van der Waals surface area contributed by atoms with Crippen LogP contribution in [-0.2, 0) is 23.0 Å². The molecule has 0 aliphatic carbocycles. The van der Waals surface area contributed by atoms with Gasteiger partial charge in [-0.05, 0) is 23.4 Å². The molecule has 2 aromatic rings. The van der Waals surface area contributed by atoms with Gasteiger partial charge in [0.05, 0.1) is 5.75 Å². The van der Waals surface area contributed by atoms with Crippen LogP contribution < -0.4 is 10.0 Å². The van der Waals surface area contributed by atoms with E-state index in [0.717, 1.165) is 18.5 Å². The molecule has 0 amide bonds. The number of halogens is 1. The maximum absolute atomic E-state index is 12.1. The van der Waals surface area contributed by atoms with Crippen LogP contribution >= 0.6 is 35.3 Å². The fourth-order valence-electron chi connectivity index (χ4n) is 2.38. The summed E-state index contributed by atoms with van der Waals surface area (Å²) in [5.41, 5.74) is 0.938. The smallest absolute Gasteiger partial charge is 0.213 e. The zero-order valence-corrected chi connectivity index (χ0v) is 19.6. The molecule has 2 N–H and O–H groups in total. The number of aliphatic imine (C=N–C) groups is 1. The quantitative estimate of drug-likeness (QED) is 0.302. The third-order valence-electron chi connectivity index (χ3n) is 3.84. The van der Waals surface area contributed by atoms with Crippen molar-refractivity contribution < 1.29 is 8.42 Å². The van der Waals surface area contributed by atoms with Gasteiger partial charge in [0, 0.05) is 38.6 Å². The van der Waals surface area contributed by atoms with Crippen molar-refractivity contribution in [1.29, 1.82) is 0 Å². The van der Waals surface area contributed by atoms with Gasteiger partial charge >= 0.3 is 0 Å². The van der Waals surface area contributed by atoms with Gasteiger partial charge in [-0.15, -0.1) is 35.3 Å². The molecule has 6 nitrogen and oxygen atoms in total. The summed E-state index contributed by atoms with van der Waals surface area (Å²) in [7, 11) is 0.309. The van der Waals surface area contributed by atoms with Gasteiger partial charge in [-0.25, -0.2) is 13.1 Å². The normalized spacial score (nSPS) is 11.7.